The van der Waals surface area contributed by atoms with Crippen molar-refractivity contribution in [2.24, 2.45) is 0 Å². The molecule has 1 aromatic carbocycles. The molecular formula is C13H21NO. The largest absolute Gasteiger partial charge is 0.508 e. The van der Waals surface area contributed by atoms with Crippen molar-refractivity contribution < 1.29 is 5.11 Å². The van der Waals surface area contributed by atoms with E-state index in [-0.39, 0.29) is 0 Å². The Balaban J connectivity index is 2.31. The van der Waals surface area contributed by atoms with Crippen LogP contribution in [0.25, 0.3) is 0 Å². The maximum atomic E-state index is 9.15. The summed E-state index contributed by atoms with van der Waals surface area (Å²) in [5, 5.41) is 9.15. The van der Waals surface area contributed by atoms with Gasteiger partial charge in [0.1, 0.15) is 5.75 Å². The lowest BCUT2D eigenvalue weighted by Gasteiger charge is -2.16. The fourth-order valence-corrected chi connectivity index (χ4v) is 1.62. The first-order valence-corrected chi connectivity index (χ1v) is 5.69. The van der Waals surface area contributed by atoms with E-state index in [1.165, 1.54) is 24.8 Å². The molecule has 0 bridgehead atoms. The number of aromatic hydroxyl groups is 1. The maximum Gasteiger partial charge on any atom is 0.115 e. The highest BCUT2D eigenvalue weighted by Gasteiger charge is 1.99. The van der Waals surface area contributed by atoms with E-state index >= 15 is 0 Å². The minimum atomic E-state index is 0.340. The van der Waals surface area contributed by atoms with Crippen LogP contribution in [0.4, 0.5) is 0 Å². The Morgan fingerprint density at radius 2 is 1.80 bits per heavy atom. The Morgan fingerprint density at radius 1 is 1.13 bits per heavy atom. The molecule has 0 aromatic heterocycles. The van der Waals surface area contributed by atoms with E-state index in [0.717, 1.165) is 13.1 Å². The molecule has 0 heterocycles. The molecule has 0 atom stereocenters. The number of benzene rings is 1. The van der Waals surface area contributed by atoms with Crippen LogP contribution in [0, 0.1) is 0 Å². The van der Waals surface area contributed by atoms with Crippen LogP contribution in [-0.4, -0.2) is 23.6 Å². The molecule has 2 nitrogen and oxygen atoms in total. The second kappa shape index (κ2) is 6.46. The standard InChI is InChI=1S/C13H21NO/c1-3-4-5-10-14(2)11-12-6-8-13(15)9-7-12/h6-9,15H,3-5,10-11H2,1-2H3. The monoisotopic (exact) mass is 207 g/mol. The number of phenols is 1. The van der Waals surface area contributed by atoms with Crippen molar-refractivity contribution in [3.63, 3.8) is 0 Å². The molecule has 0 saturated carbocycles. The van der Waals surface area contributed by atoms with Crippen molar-refractivity contribution in [3.05, 3.63) is 29.8 Å². The van der Waals surface area contributed by atoms with E-state index in [9.17, 15) is 0 Å². The Morgan fingerprint density at radius 3 is 2.40 bits per heavy atom. The summed E-state index contributed by atoms with van der Waals surface area (Å²) in [4.78, 5) is 2.32. The molecule has 84 valence electrons. The van der Waals surface area contributed by atoms with Gasteiger partial charge >= 0.3 is 0 Å². The van der Waals surface area contributed by atoms with E-state index < -0.39 is 0 Å². The summed E-state index contributed by atoms with van der Waals surface area (Å²) in [5.41, 5.74) is 1.26. The van der Waals surface area contributed by atoms with E-state index in [1.807, 2.05) is 12.1 Å². The van der Waals surface area contributed by atoms with Crippen molar-refractivity contribution in [2.45, 2.75) is 32.7 Å². The van der Waals surface area contributed by atoms with Crippen LogP contribution < -0.4 is 0 Å². The summed E-state index contributed by atoms with van der Waals surface area (Å²) in [7, 11) is 2.14. The second-order valence-corrected chi connectivity index (χ2v) is 4.11. The third-order valence-electron chi connectivity index (χ3n) is 2.53. The minimum absolute atomic E-state index is 0.340. The summed E-state index contributed by atoms with van der Waals surface area (Å²) in [6.07, 6.45) is 3.85. The van der Waals surface area contributed by atoms with Crippen LogP contribution >= 0.6 is 0 Å². The number of rotatable bonds is 6. The molecule has 2 heteroatoms. The fourth-order valence-electron chi connectivity index (χ4n) is 1.62. The van der Waals surface area contributed by atoms with Crippen LogP contribution in [0.5, 0.6) is 5.75 Å². The Bertz CT molecular complexity index is 268. The van der Waals surface area contributed by atoms with Gasteiger partial charge in [-0.15, -0.1) is 0 Å². The van der Waals surface area contributed by atoms with Crippen LogP contribution in [0.1, 0.15) is 31.7 Å². The first-order valence-electron chi connectivity index (χ1n) is 5.69. The highest BCUT2D eigenvalue weighted by Crippen LogP contribution is 2.11. The molecule has 0 spiro atoms. The van der Waals surface area contributed by atoms with Crippen LogP contribution in [0.3, 0.4) is 0 Å². The molecule has 0 radical (unpaired) electrons. The van der Waals surface area contributed by atoms with Crippen LogP contribution in [0.15, 0.2) is 24.3 Å². The zero-order chi connectivity index (χ0) is 11.1. The van der Waals surface area contributed by atoms with E-state index in [4.69, 9.17) is 5.11 Å². The van der Waals surface area contributed by atoms with Crippen molar-refractivity contribution >= 4 is 0 Å². The fraction of sp³-hybridized carbons (Fsp3) is 0.538. The van der Waals surface area contributed by atoms with Crippen molar-refractivity contribution in [2.75, 3.05) is 13.6 Å². The van der Waals surface area contributed by atoms with Crippen molar-refractivity contribution in [1.29, 1.82) is 0 Å². The van der Waals surface area contributed by atoms with Gasteiger partial charge in [-0.1, -0.05) is 31.9 Å². The van der Waals surface area contributed by atoms with Gasteiger partial charge in [0.05, 0.1) is 0 Å². The van der Waals surface area contributed by atoms with Gasteiger partial charge in [0.15, 0.2) is 0 Å². The van der Waals surface area contributed by atoms with Gasteiger partial charge in [-0.05, 0) is 37.7 Å². The molecule has 0 amide bonds. The predicted octanol–water partition coefficient (Wildman–Crippen LogP) is 3.01. The number of hydrogen-bond donors (Lipinski definition) is 1. The lowest BCUT2D eigenvalue weighted by Crippen LogP contribution is -2.18. The first kappa shape index (κ1) is 12.1. The molecule has 0 unspecified atom stereocenters. The molecule has 1 rings (SSSR count). The normalized spacial score (nSPS) is 10.9. The Labute approximate surface area is 92.5 Å². The van der Waals surface area contributed by atoms with Gasteiger partial charge in [0.25, 0.3) is 0 Å². The summed E-state index contributed by atoms with van der Waals surface area (Å²) >= 11 is 0. The van der Waals surface area contributed by atoms with E-state index in [0.29, 0.717) is 5.75 Å². The van der Waals surface area contributed by atoms with Gasteiger partial charge in [-0.3, -0.25) is 0 Å². The third-order valence-corrected chi connectivity index (χ3v) is 2.53. The average Bonchev–Trinajstić information content (AvgIpc) is 2.22. The summed E-state index contributed by atoms with van der Waals surface area (Å²) < 4.78 is 0. The average molecular weight is 207 g/mol. The van der Waals surface area contributed by atoms with Gasteiger partial charge < -0.3 is 10.0 Å². The molecule has 0 aliphatic carbocycles. The molecule has 0 aliphatic heterocycles. The second-order valence-electron chi connectivity index (χ2n) is 4.11. The molecule has 0 saturated heterocycles. The topological polar surface area (TPSA) is 23.5 Å². The lowest BCUT2D eigenvalue weighted by atomic mass is 10.2. The number of unbranched alkanes of at least 4 members (excludes halogenated alkanes) is 2. The lowest BCUT2D eigenvalue weighted by molar-refractivity contribution is 0.318. The molecule has 15 heavy (non-hydrogen) atoms. The molecule has 1 aromatic rings. The van der Waals surface area contributed by atoms with E-state index in [2.05, 4.69) is 18.9 Å². The highest BCUT2D eigenvalue weighted by molar-refractivity contribution is 5.25. The predicted molar refractivity (Wildman–Crippen MR) is 64.0 cm³/mol. The Hall–Kier alpha value is -1.02. The SMILES string of the molecule is CCCCCN(C)Cc1ccc(O)cc1. The van der Waals surface area contributed by atoms with E-state index in [1.54, 1.807) is 12.1 Å². The van der Waals surface area contributed by atoms with Gasteiger partial charge in [-0.25, -0.2) is 0 Å². The quantitative estimate of drug-likeness (QED) is 0.725. The van der Waals surface area contributed by atoms with Gasteiger partial charge in [0.2, 0.25) is 0 Å². The summed E-state index contributed by atoms with van der Waals surface area (Å²) in [6.45, 7) is 4.33. The third kappa shape index (κ3) is 4.84. The first-order chi connectivity index (χ1) is 7.22. The van der Waals surface area contributed by atoms with Crippen LogP contribution in [-0.2, 0) is 6.54 Å². The maximum absolute atomic E-state index is 9.15. The number of phenolic OH excluding ortho intramolecular Hbond substituents is 1. The zero-order valence-electron chi connectivity index (χ0n) is 9.74. The molecule has 0 fully saturated rings. The Kier molecular flexibility index (Phi) is 5.19. The summed E-state index contributed by atoms with van der Waals surface area (Å²) in [5.74, 6) is 0.340. The smallest absolute Gasteiger partial charge is 0.115 e. The number of hydrogen-bond acceptors (Lipinski definition) is 2. The number of nitrogens with zero attached hydrogens (tertiary/aromatic N) is 1. The highest BCUT2D eigenvalue weighted by atomic mass is 16.3. The summed E-state index contributed by atoms with van der Waals surface area (Å²) in [6, 6.07) is 7.45. The molecule has 0 aliphatic rings. The zero-order valence-corrected chi connectivity index (χ0v) is 9.74. The molecular weight excluding hydrogens is 186 g/mol. The van der Waals surface area contributed by atoms with Gasteiger partial charge in [-0.2, -0.15) is 0 Å². The van der Waals surface area contributed by atoms with Crippen LogP contribution in [0.2, 0.25) is 0 Å². The molecule has 1 N–H and O–H groups in total. The minimum Gasteiger partial charge on any atom is -0.508 e. The van der Waals surface area contributed by atoms with Gasteiger partial charge in [0, 0.05) is 6.54 Å². The van der Waals surface area contributed by atoms with Crippen molar-refractivity contribution in [3.8, 4) is 5.75 Å². The van der Waals surface area contributed by atoms with Crippen molar-refractivity contribution in [1.82, 2.24) is 4.90 Å².